The molecule has 12 heavy (non-hydrogen) atoms. The zero-order valence-corrected chi connectivity index (χ0v) is 7.58. The molecule has 1 heterocycles. The van der Waals surface area contributed by atoms with Crippen LogP contribution in [0.5, 0.6) is 0 Å². The Kier molecular flexibility index (Phi) is 1.80. The van der Waals surface area contributed by atoms with Crippen LogP contribution in [-0.2, 0) is 4.74 Å². The van der Waals surface area contributed by atoms with Gasteiger partial charge < -0.3 is 4.74 Å². The van der Waals surface area contributed by atoms with Gasteiger partial charge in [0.15, 0.2) is 0 Å². The van der Waals surface area contributed by atoms with E-state index in [1.54, 1.807) is 0 Å². The Morgan fingerprint density at radius 2 is 2.25 bits per heavy atom. The molecule has 2 rings (SSSR count). The summed E-state index contributed by atoms with van der Waals surface area (Å²) in [6, 6.07) is 0. The van der Waals surface area contributed by atoms with Crippen molar-refractivity contribution >= 4 is 0 Å². The molecule has 0 N–H and O–H groups in total. The lowest BCUT2D eigenvalue weighted by Crippen LogP contribution is -2.27. The fraction of sp³-hybridized carbons (Fsp3) is 0.455. The molecule has 2 unspecified atom stereocenters. The van der Waals surface area contributed by atoms with Crippen molar-refractivity contribution in [1.82, 2.24) is 0 Å². The molecule has 1 aliphatic carbocycles. The highest BCUT2D eigenvalue weighted by molar-refractivity contribution is 5.31. The summed E-state index contributed by atoms with van der Waals surface area (Å²) in [6.07, 6.45) is 9.67. The first-order valence-corrected chi connectivity index (χ1v) is 4.47. The highest BCUT2D eigenvalue weighted by Crippen LogP contribution is 2.31. The average Bonchev–Trinajstić information content (AvgIpc) is 2.12. The third-order valence-corrected chi connectivity index (χ3v) is 2.77. The van der Waals surface area contributed by atoms with Crippen LogP contribution in [0.15, 0.2) is 35.6 Å². The molecular formula is C11H14O. The van der Waals surface area contributed by atoms with Crippen LogP contribution in [0.25, 0.3) is 0 Å². The summed E-state index contributed by atoms with van der Waals surface area (Å²) in [5.41, 5.74) is 2.83. The molecule has 0 bridgehead atoms. The molecule has 0 aromatic carbocycles. The van der Waals surface area contributed by atoms with Crippen LogP contribution in [-0.4, -0.2) is 6.10 Å². The van der Waals surface area contributed by atoms with E-state index in [1.165, 1.54) is 11.1 Å². The van der Waals surface area contributed by atoms with Crippen LogP contribution >= 0.6 is 0 Å². The molecule has 0 fully saturated rings. The Morgan fingerprint density at radius 3 is 3.08 bits per heavy atom. The molecule has 0 aromatic heterocycles. The monoisotopic (exact) mass is 162 g/mol. The molecule has 0 saturated carbocycles. The molecule has 1 aliphatic heterocycles. The summed E-state index contributed by atoms with van der Waals surface area (Å²) < 4.78 is 5.57. The summed E-state index contributed by atoms with van der Waals surface area (Å²) >= 11 is 0. The Balaban J connectivity index is 2.30. The summed E-state index contributed by atoms with van der Waals surface area (Å²) in [4.78, 5) is 0. The molecule has 0 radical (unpaired) electrons. The molecule has 0 saturated heterocycles. The molecule has 0 spiro atoms. The highest BCUT2D eigenvalue weighted by atomic mass is 16.5. The minimum Gasteiger partial charge on any atom is -0.493 e. The van der Waals surface area contributed by atoms with Crippen molar-refractivity contribution in [3.63, 3.8) is 0 Å². The first-order valence-electron chi connectivity index (χ1n) is 4.47. The molecular weight excluding hydrogens is 148 g/mol. The Bertz CT molecular complexity index is 271. The Morgan fingerprint density at radius 1 is 1.42 bits per heavy atom. The third kappa shape index (κ3) is 1.09. The van der Waals surface area contributed by atoms with Crippen LogP contribution in [0, 0.1) is 5.92 Å². The normalized spacial score (nSPS) is 33.2. The van der Waals surface area contributed by atoms with Crippen LogP contribution in [0.3, 0.4) is 0 Å². The molecule has 2 aliphatic rings. The van der Waals surface area contributed by atoms with Crippen LogP contribution < -0.4 is 0 Å². The fourth-order valence-electron chi connectivity index (χ4n) is 1.76. The topological polar surface area (TPSA) is 9.23 Å². The van der Waals surface area contributed by atoms with Gasteiger partial charge in [-0.05, 0) is 25.0 Å². The Hall–Kier alpha value is -0.980. The second-order valence-electron chi connectivity index (χ2n) is 3.57. The maximum Gasteiger partial charge on any atom is 0.126 e. The van der Waals surface area contributed by atoms with Gasteiger partial charge in [-0.15, -0.1) is 0 Å². The van der Waals surface area contributed by atoms with Crippen molar-refractivity contribution in [3.05, 3.63) is 35.6 Å². The van der Waals surface area contributed by atoms with Crippen molar-refractivity contribution in [2.75, 3.05) is 0 Å². The van der Waals surface area contributed by atoms with E-state index in [0.717, 1.165) is 6.42 Å². The van der Waals surface area contributed by atoms with Gasteiger partial charge >= 0.3 is 0 Å². The maximum absolute atomic E-state index is 5.57. The van der Waals surface area contributed by atoms with Gasteiger partial charge in [-0.3, -0.25) is 0 Å². The van der Waals surface area contributed by atoms with Gasteiger partial charge in [0.1, 0.15) is 6.10 Å². The number of rotatable bonds is 0. The first kappa shape index (κ1) is 7.66. The van der Waals surface area contributed by atoms with Crippen molar-refractivity contribution < 1.29 is 4.74 Å². The van der Waals surface area contributed by atoms with E-state index in [1.807, 2.05) is 6.26 Å². The summed E-state index contributed by atoms with van der Waals surface area (Å²) in [5.74, 6) is 0.537. The van der Waals surface area contributed by atoms with Crippen LogP contribution in [0.4, 0.5) is 0 Å². The lowest BCUT2D eigenvalue weighted by molar-refractivity contribution is 0.127. The molecule has 0 aromatic rings. The SMILES string of the molecule is CC1=CC=C2CC=COC2C1C. The smallest absolute Gasteiger partial charge is 0.126 e. The summed E-state index contributed by atoms with van der Waals surface area (Å²) in [7, 11) is 0. The zero-order chi connectivity index (χ0) is 8.55. The van der Waals surface area contributed by atoms with E-state index in [2.05, 4.69) is 32.1 Å². The standard InChI is InChI=1S/C11H14O/c1-8-5-6-10-4-3-7-12-11(10)9(8)2/h3,5-7,9,11H,4H2,1-2H3. The van der Waals surface area contributed by atoms with Crippen molar-refractivity contribution in [2.45, 2.75) is 26.4 Å². The fourth-order valence-corrected chi connectivity index (χ4v) is 1.76. The van der Waals surface area contributed by atoms with Crippen molar-refractivity contribution in [1.29, 1.82) is 0 Å². The summed E-state index contributed by atoms with van der Waals surface area (Å²) in [6.45, 7) is 4.39. The van der Waals surface area contributed by atoms with Gasteiger partial charge in [-0.1, -0.05) is 24.6 Å². The lowest BCUT2D eigenvalue weighted by Gasteiger charge is -2.31. The minimum atomic E-state index is 0.306. The second-order valence-corrected chi connectivity index (χ2v) is 3.57. The van der Waals surface area contributed by atoms with E-state index in [-0.39, 0.29) is 0 Å². The third-order valence-electron chi connectivity index (χ3n) is 2.77. The van der Waals surface area contributed by atoms with Gasteiger partial charge in [-0.25, -0.2) is 0 Å². The van der Waals surface area contributed by atoms with E-state index < -0.39 is 0 Å². The Labute approximate surface area is 73.4 Å². The van der Waals surface area contributed by atoms with Crippen molar-refractivity contribution in [3.8, 4) is 0 Å². The first-order chi connectivity index (χ1) is 5.79. The second kappa shape index (κ2) is 2.81. The number of allylic oxidation sites excluding steroid dienone is 3. The van der Waals surface area contributed by atoms with Gasteiger partial charge in [0.2, 0.25) is 0 Å². The zero-order valence-electron chi connectivity index (χ0n) is 7.58. The average molecular weight is 162 g/mol. The van der Waals surface area contributed by atoms with E-state index in [9.17, 15) is 0 Å². The highest BCUT2D eigenvalue weighted by Gasteiger charge is 2.26. The lowest BCUT2D eigenvalue weighted by atomic mass is 9.84. The predicted molar refractivity (Wildman–Crippen MR) is 49.6 cm³/mol. The van der Waals surface area contributed by atoms with Gasteiger partial charge in [0.05, 0.1) is 6.26 Å². The van der Waals surface area contributed by atoms with Crippen LogP contribution in [0.1, 0.15) is 20.3 Å². The minimum absolute atomic E-state index is 0.306. The van der Waals surface area contributed by atoms with Gasteiger partial charge in [0.25, 0.3) is 0 Å². The summed E-state index contributed by atoms with van der Waals surface area (Å²) in [5, 5.41) is 0. The van der Waals surface area contributed by atoms with E-state index >= 15 is 0 Å². The van der Waals surface area contributed by atoms with Crippen molar-refractivity contribution in [2.24, 2.45) is 5.92 Å². The van der Waals surface area contributed by atoms with Crippen LogP contribution in [0.2, 0.25) is 0 Å². The molecule has 0 amide bonds. The molecule has 64 valence electrons. The number of hydrogen-bond acceptors (Lipinski definition) is 1. The van der Waals surface area contributed by atoms with E-state index in [4.69, 9.17) is 4.74 Å². The molecule has 2 atom stereocenters. The quantitative estimate of drug-likeness (QED) is 0.532. The predicted octanol–water partition coefficient (Wildman–Crippen LogP) is 2.81. The molecule has 1 heteroatoms. The number of fused-ring (bicyclic) bond motifs is 1. The van der Waals surface area contributed by atoms with Gasteiger partial charge in [-0.2, -0.15) is 0 Å². The van der Waals surface area contributed by atoms with E-state index in [0.29, 0.717) is 12.0 Å². The molecule has 1 nitrogen and oxygen atoms in total. The number of ether oxygens (including phenoxy) is 1. The number of hydrogen-bond donors (Lipinski definition) is 0. The van der Waals surface area contributed by atoms with Gasteiger partial charge in [0, 0.05) is 5.92 Å². The largest absolute Gasteiger partial charge is 0.493 e. The maximum atomic E-state index is 5.57.